The first kappa shape index (κ1) is 16.3. The van der Waals surface area contributed by atoms with Crippen LogP contribution < -0.4 is 5.73 Å². The number of rotatable bonds is 5. The number of hydrogen-bond donors (Lipinski definition) is 1. The quantitative estimate of drug-likeness (QED) is 0.907. The maximum Gasteiger partial charge on any atom is 0.0628 e. The Morgan fingerprint density at radius 1 is 1.19 bits per heavy atom. The maximum atomic E-state index is 6.25. The Labute approximate surface area is 136 Å². The second-order valence-corrected chi connectivity index (χ2v) is 6.29. The Kier molecular flexibility index (Phi) is 5.31. The first-order chi connectivity index (χ1) is 9.90. The van der Waals surface area contributed by atoms with Crippen molar-refractivity contribution >= 4 is 23.2 Å². The van der Waals surface area contributed by atoms with E-state index in [1.165, 1.54) is 11.3 Å². The van der Waals surface area contributed by atoms with Crippen LogP contribution in [0.4, 0.5) is 0 Å². The molecule has 0 amide bonds. The van der Waals surface area contributed by atoms with Crippen LogP contribution in [0.3, 0.4) is 0 Å². The van der Waals surface area contributed by atoms with Crippen molar-refractivity contribution in [3.63, 3.8) is 0 Å². The van der Waals surface area contributed by atoms with E-state index < -0.39 is 0 Å². The standard InChI is InChI=1S/C16H21Cl2N3/c1-10-13(11(2)21(3)20-10)8-7-12(19)9-14-15(17)5-4-6-16(14)18/h4-6,12H,7-9,19H2,1-3H3. The van der Waals surface area contributed by atoms with Gasteiger partial charge in [0.2, 0.25) is 0 Å². The molecule has 21 heavy (non-hydrogen) atoms. The third-order valence-electron chi connectivity index (χ3n) is 3.95. The lowest BCUT2D eigenvalue weighted by Crippen LogP contribution is -2.24. The molecule has 0 fully saturated rings. The Morgan fingerprint density at radius 3 is 2.33 bits per heavy atom. The molecule has 0 saturated carbocycles. The fraction of sp³-hybridized carbons (Fsp3) is 0.438. The smallest absolute Gasteiger partial charge is 0.0628 e. The van der Waals surface area contributed by atoms with Crippen LogP contribution >= 0.6 is 23.2 Å². The molecule has 3 nitrogen and oxygen atoms in total. The van der Waals surface area contributed by atoms with Gasteiger partial charge in [0.15, 0.2) is 0 Å². The zero-order chi connectivity index (χ0) is 15.6. The predicted octanol–water partition coefficient (Wildman–Crippen LogP) is 3.85. The van der Waals surface area contributed by atoms with E-state index in [1.54, 1.807) is 0 Å². The number of hydrogen-bond acceptors (Lipinski definition) is 2. The fourth-order valence-electron chi connectivity index (χ4n) is 2.60. The number of aromatic nitrogens is 2. The molecule has 0 aliphatic heterocycles. The van der Waals surface area contributed by atoms with E-state index in [0.29, 0.717) is 16.5 Å². The van der Waals surface area contributed by atoms with Crippen LogP contribution in [-0.4, -0.2) is 15.8 Å². The third kappa shape index (κ3) is 3.79. The molecule has 0 aliphatic rings. The summed E-state index contributed by atoms with van der Waals surface area (Å²) in [6.45, 7) is 4.13. The van der Waals surface area contributed by atoms with Gasteiger partial charge in [-0.25, -0.2) is 0 Å². The molecule has 0 radical (unpaired) electrons. The van der Waals surface area contributed by atoms with Crippen LogP contribution in [0.15, 0.2) is 18.2 Å². The largest absolute Gasteiger partial charge is 0.327 e. The minimum absolute atomic E-state index is 0.0291. The summed E-state index contributed by atoms with van der Waals surface area (Å²) < 4.78 is 1.92. The van der Waals surface area contributed by atoms with E-state index in [9.17, 15) is 0 Å². The highest BCUT2D eigenvalue weighted by Gasteiger charge is 2.14. The van der Waals surface area contributed by atoms with Crippen molar-refractivity contribution in [2.75, 3.05) is 0 Å². The molecule has 0 bridgehead atoms. The Morgan fingerprint density at radius 2 is 1.81 bits per heavy atom. The highest BCUT2D eigenvalue weighted by atomic mass is 35.5. The lowest BCUT2D eigenvalue weighted by molar-refractivity contribution is 0.608. The van der Waals surface area contributed by atoms with Gasteiger partial charge in [-0.3, -0.25) is 4.68 Å². The fourth-order valence-corrected chi connectivity index (χ4v) is 3.15. The first-order valence-corrected chi connectivity index (χ1v) is 7.83. The molecular weight excluding hydrogens is 305 g/mol. The lowest BCUT2D eigenvalue weighted by Gasteiger charge is -2.14. The molecule has 1 heterocycles. The number of nitrogens with two attached hydrogens (primary N) is 1. The van der Waals surface area contributed by atoms with Crippen molar-refractivity contribution in [1.82, 2.24) is 9.78 Å². The molecular formula is C16H21Cl2N3. The second kappa shape index (κ2) is 6.82. The van der Waals surface area contributed by atoms with Crippen LogP contribution in [0.2, 0.25) is 10.0 Å². The van der Waals surface area contributed by atoms with Gasteiger partial charge < -0.3 is 5.73 Å². The Balaban J connectivity index is 2.01. The molecule has 2 rings (SSSR count). The molecule has 5 heteroatoms. The SMILES string of the molecule is Cc1nn(C)c(C)c1CCC(N)Cc1c(Cl)cccc1Cl. The van der Waals surface area contributed by atoms with Gasteiger partial charge in [-0.2, -0.15) is 5.10 Å². The van der Waals surface area contributed by atoms with Crippen LogP contribution in [-0.2, 0) is 19.9 Å². The zero-order valence-corrected chi connectivity index (χ0v) is 14.2. The second-order valence-electron chi connectivity index (χ2n) is 5.48. The Bertz CT molecular complexity index is 614. The van der Waals surface area contributed by atoms with Crippen molar-refractivity contribution in [1.29, 1.82) is 0 Å². The molecule has 1 aromatic carbocycles. The van der Waals surface area contributed by atoms with Crippen LogP contribution in [0.5, 0.6) is 0 Å². The molecule has 114 valence electrons. The van der Waals surface area contributed by atoms with E-state index in [4.69, 9.17) is 28.9 Å². The maximum absolute atomic E-state index is 6.25. The number of benzene rings is 1. The van der Waals surface area contributed by atoms with Crippen LogP contribution in [0.1, 0.15) is 28.9 Å². The van der Waals surface area contributed by atoms with Crippen LogP contribution in [0.25, 0.3) is 0 Å². The van der Waals surface area contributed by atoms with Gasteiger partial charge in [-0.05, 0) is 56.4 Å². The minimum atomic E-state index is 0.0291. The van der Waals surface area contributed by atoms with E-state index in [1.807, 2.05) is 36.9 Å². The lowest BCUT2D eigenvalue weighted by atomic mass is 9.99. The summed E-state index contributed by atoms with van der Waals surface area (Å²) >= 11 is 12.4. The zero-order valence-electron chi connectivity index (χ0n) is 12.7. The van der Waals surface area contributed by atoms with Gasteiger partial charge in [0.1, 0.15) is 0 Å². The summed E-state index contributed by atoms with van der Waals surface area (Å²) in [5, 5.41) is 5.81. The highest BCUT2D eigenvalue weighted by molar-refractivity contribution is 6.35. The number of halogens is 2. The number of nitrogens with zero attached hydrogens (tertiary/aromatic N) is 2. The van der Waals surface area contributed by atoms with E-state index in [2.05, 4.69) is 12.0 Å². The normalized spacial score (nSPS) is 12.7. The molecule has 2 aromatic rings. The van der Waals surface area contributed by atoms with Gasteiger partial charge in [0, 0.05) is 28.8 Å². The molecule has 1 aromatic heterocycles. The molecule has 0 saturated heterocycles. The summed E-state index contributed by atoms with van der Waals surface area (Å²) in [5.41, 5.74) is 10.8. The molecule has 1 unspecified atom stereocenters. The van der Waals surface area contributed by atoms with Crippen molar-refractivity contribution in [2.45, 2.75) is 39.2 Å². The molecule has 0 aliphatic carbocycles. The topological polar surface area (TPSA) is 43.8 Å². The monoisotopic (exact) mass is 325 g/mol. The summed E-state index contributed by atoms with van der Waals surface area (Å²) in [4.78, 5) is 0. The third-order valence-corrected chi connectivity index (χ3v) is 4.66. The molecule has 0 spiro atoms. The van der Waals surface area contributed by atoms with Crippen LogP contribution in [0, 0.1) is 13.8 Å². The van der Waals surface area contributed by atoms with Crippen molar-refractivity contribution in [3.8, 4) is 0 Å². The Hall–Kier alpha value is -1.03. The van der Waals surface area contributed by atoms with Gasteiger partial charge in [0.25, 0.3) is 0 Å². The average molecular weight is 326 g/mol. The van der Waals surface area contributed by atoms with Crippen molar-refractivity contribution in [2.24, 2.45) is 12.8 Å². The summed E-state index contributed by atoms with van der Waals surface area (Å²) in [7, 11) is 1.97. The molecule has 2 N–H and O–H groups in total. The van der Waals surface area contributed by atoms with Crippen molar-refractivity contribution < 1.29 is 0 Å². The van der Waals surface area contributed by atoms with Crippen molar-refractivity contribution in [3.05, 3.63) is 50.8 Å². The minimum Gasteiger partial charge on any atom is -0.327 e. The predicted molar refractivity (Wildman–Crippen MR) is 89.1 cm³/mol. The van der Waals surface area contributed by atoms with E-state index in [-0.39, 0.29) is 6.04 Å². The summed E-state index contributed by atoms with van der Waals surface area (Å²) in [5.74, 6) is 0. The average Bonchev–Trinajstić information content (AvgIpc) is 2.66. The van der Waals surface area contributed by atoms with Gasteiger partial charge >= 0.3 is 0 Å². The van der Waals surface area contributed by atoms with Gasteiger partial charge in [-0.15, -0.1) is 0 Å². The van der Waals surface area contributed by atoms with E-state index >= 15 is 0 Å². The number of aryl methyl sites for hydroxylation is 2. The van der Waals surface area contributed by atoms with E-state index in [0.717, 1.165) is 24.1 Å². The summed E-state index contributed by atoms with van der Waals surface area (Å²) in [6, 6.07) is 5.58. The summed E-state index contributed by atoms with van der Waals surface area (Å²) in [6.07, 6.45) is 2.50. The van der Waals surface area contributed by atoms with Gasteiger partial charge in [0.05, 0.1) is 5.69 Å². The molecule has 1 atom stereocenters. The van der Waals surface area contributed by atoms with Gasteiger partial charge in [-0.1, -0.05) is 29.3 Å². The first-order valence-electron chi connectivity index (χ1n) is 7.07. The highest BCUT2D eigenvalue weighted by Crippen LogP contribution is 2.26.